The van der Waals surface area contributed by atoms with Crippen molar-refractivity contribution in [2.24, 2.45) is 10.4 Å². The van der Waals surface area contributed by atoms with Crippen LogP contribution >= 0.6 is 0 Å². The van der Waals surface area contributed by atoms with Crippen LogP contribution in [0.15, 0.2) is 4.99 Å². The number of nitrogens with zero attached hydrogens (tertiary/aromatic N) is 2. The molecule has 0 aromatic heterocycles. The van der Waals surface area contributed by atoms with Crippen LogP contribution in [0.25, 0.3) is 0 Å². The average Bonchev–Trinajstić information content (AvgIpc) is 2.53. The number of hydrogen-bond donors (Lipinski definition) is 3. The summed E-state index contributed by atoms with van der Waals surface area (Å²) in [6, 6.07) is 0.371. The molecule has 1 atom stereocenters. The van der Waals surface area contributed by atoms with Crippen molar-refractivity contribution in [1.82, 2.24) is 20.9 Å². The van der Waals surface area contributed by atoms with Crippen LogP contribution in [0.2, 0.25) is 0 Å². The first-order chi connectivity index (χ1) is 11.2. The van der Waals surface area contributed by atoms with E-state index in [0.29, 0.717) is 19.1 Å². The van der Waals surface area contributed by atoms with Crippen LogP contribution < -0.4 is 16.0 Å². The highest BCUT2D eigenvalue weighted by Gasteiger charge is 2.20. The topological polar surface area (TPSA) is 68.8 Å². The minimum absolute atomic E-state index is 0.0667. The summed E-state index contributed by atoms with van der Waals surface area (Å²) in [5.74, 6) is 0.854. The first-order valence-corrected chi connectivity index (χ1v) is 9.22. The molecule has 1 amide bonds. The number of nitrogens with one attached hydrogen (secondary N) is 3. The van der Waals surface area contributed by atoms with Gasteiger partial charge in [-0.3, -0.25) is 9.79 Å². The summed E-state index contributed by atoms with van der Waals surface area (Å²) in [5.41, 5.74) is -0.348. The third-order valence-corrected chi connectivity index (χ3v) is 4.00. The van der Waals surface area contributed by atoms with Gasteiger partial charge >= 0.3 is 0 Å². The molecule has 0 fully saturated rings. The largest absolute Gasteiger partial charge is 0.355 e. The van der Waals surface area contributed by atoms with E-state index in [-0.39, 0.29) is 11.3 Å². The molecule has 0 saturated heterocycles. The Balaban J connectivity index is 3.96. The van der Waals surface area contributed by atoms with Crippen LogP contribution in [-0.2, 0) is 4.79 Å². The molecule has 142 valence electrons. The lowest BCUT2D eigenvalue weighted by Crippen LogP contribution is -2.46. The van der Waals surface area contributed by atoms with Gasteiger partial charge in [0.2, 0.25) is 5.91 Å². The van der Waals surface area contributed by atoms with Gasteiger partial charge in [0.05, 0.1) is 0 Å². The van der Waals surface area contributed by atoms with Gasteiger partial charge in [0.15, 0.2) is 5.96 Å². The van der Waals surface area contributed by atoms with E-state index in [4.69, 9.17) is 0 Å². The Morgan fingerprint density at radius 3 is 2.21 bits per heavy atom. The van der Waals surface area contributed by atoms with Gasteiger partial charge in [-0.1, -0.05) is 34.6 Å². The summed E-state index contributed by atoms with van der Waals surface area (Å²) in [7, 11) is 1.77. The van der Waals surface area contributed by atoms with Crippen molar-refractivity contribution in [2.45, 2.75) is 60.4 Å². The molecule has 0 radical (unpaired) electrons. The van der Waals surface area contributed by atoms with E-state index in [1.807, 2.05) is 20.8 Å². The molecule has 0 aliphatic heterocycles. The summed E-state index contributed by atoms with van der Waals surface area (Å²) < 4.78 is 0. The fourth-order valence-corrected chi connectivity index (χ4v) is 2.28. The van der Waals surface area contributed by atoms with Gasteiger partial charge in [-0.05, 0) is 39.4 Å². The second kappa shape index (κ2) is 12.1. The van der Waals surface area contributed by atoms with E-state index >= 15 is 0 Å². The van der Waals surface area contributed by atoms with E-state index in [0.717, 1.165) is 32.0 Å². The number of guanidine groups is 1. The molecule has 0 aromatic rings. The van der Waals surface area contributed by atoms with Crippen LogP contribution in [0.5, 0.6) is 0 Å². The Morgan fingerprint density at radius 1 is 1.12 bits per heavy atom. The minimum atomic E-state index is -0.348. The summed E-state index contributed by atoms with van der Waals surface area (Å²) in [4.78, 5) is 18.5. The second-order valence-electron chi connectivity index (χ2n) is 7.22. The zero-order chi connectivity index (χ0) is 18.6. The van der Waals surface area contributed by atoms with Gasteiger partial charge in [-0.25, -0.2) is 0 Å². The van der Waals surface area contributed by atoms with Crippen LogP contribution in [-0.4, -0.2) is 62.6 Å². The van der Waals surface area contributed by atoms with Crippen molar-refractivity contribution in [2.75, 3.05) is 39.8 Å². The molecule has 0 spiro atoms. The molecule has 0 saturated carbocycles. The van der Waals surface area contributed by atoms with Gasteiger partial charge in [-0.2, -0.15) is 0 Å². The highest BCUT2D eigenvalue weighted by atomic mass is 16.2. The smallest absolute Gasteiger partial charge is 0.225 e. The molecule has 24 heavy (non-hydrogen) atoms. The molecular weight excluding hydrogens is 302 g/mol. The molecule has 0 aliphatic rings. The first kappa shape index (κ1) is 22.7. The van der Waals surface area contributed by atoms with Crippen molar-refractivity contribution in [3.05, 3.63) is 0 Å². The van der Waals surface area contributed by atoms with Crippen LogP contribution in [0.3, 0.4) is 0 Å². The van der Waals surface area contributed by atoms with E-state index in [1.165, 1.54) is 6.42 Å². The lowest BCUT2D eigenvalue weighted by Gasteiger charge is -2.21. The second-order valence-corrected chi connectivity index (χ2v) is 7.22. The van der Waals surface area contributed by atoms with Crippen molar-refractivity contribution in [3.8, 4) is 0 Å². The maximum absolute atomic E-state index is 11.8. The third-order valence-electron chi connectivity index (χ3n) is 4.00. The normalized spacial score (nSPS) is 13.8. The van der Waals surface area contributed by atoms with Gasteiger partial charge in [0.1, 0.15) is 0 Å². The molecule has 0 aromatic carbocycles. The molecular formula is C18H39N5O. The van der Waals surface area contributed by atoms with Crippen LogP contribution in [0.4, 0.5) is 0 Å². The standard InChI is InChI=1S/C18H39N5O/c1-8-23(9-2)14-10-11-15(3)22-17(19-7)21-13-12-20-16(24)18(4,5)6/h15H,8-14H2,1-7H3,(H,20,24)(H2,19,21,22). The van der Waals surface area contributed by atoms with Crippen LogP contribution in [0, 0.1) is 5.41 Å². The maximum atomic E-state index is 11.8. The Kier molecular flexibility index (Phi) is 11.5. The predicted molar refractivity (Wildman–Crippen MR) is 103 cm³/mol. The third kappa shape index (κ3) is 10.5. The lowest BCUT2D eigenvalue weighted by molar-refractivity contribution is -0.128. The Hall–Kier alpha value is -1.30. The summed E-state index contributed by atoms with van der Waals surface area (Å²) in [6.07, 6.45) is 2.28. The molecule has 0 aliphatic carbocycles. The number of carbonyl (C=O) groups excluding carboxylic acids is 1. The molecule has 6 heteroatoms. The van der Waals surface area contributed by atoms with Crippen LogP contribution in [0.1, 0.15) is 54.4 Å². The maximum Gasteiger partial charge on any atom is 0.225 e. The summed E-state index contributed by atoms with van der Waals surface area (Å²) in [6.45, 7) is 16.9. The van der Waals surface area contributed by atoms with Gasteiger partial charge in [0.25, 0.3) is 0 Å². The Morgan fingerprint density at radius 2 is 1.71 bits per heavy atom. The molecule has 0 rings (SSSR count). The molecule has 6 nitrogen and oxygen atoms in total. The Labute approximate surface area is 148 Å². The highest BCUT2D eigenvalue weighted by molar-refractivity contribution is 5.81. The van der Waals surface area contributed by atoms with Gasteiger partial charge in [-0.15, -0.1) is 0 Å². The molecule has 3 N–H and O–H groups in total. The van der Waals surface area contributed by atoms with Crippen molar-refractivity contribution in [1.29, 1.82) is 0 Å². The van der Waals surface area contributed by atoms with Crippen molar-refractivity contribution in [3.63, 3.8) is 0 Å². The van der Waals surface area contributed by atoms with E-state index < -0.39 is 0 Å². The van der Waals surface area contributed by atoms with E-state index in [9.17, 15) is 4.79 Å². The number of carbonyl (C=O) groups is 1. The summed E-state index contributed by atoms with van der Waals surface area (Å²) in [5, 5.41) is 9.57. The van der Waals surface area contributed by atoms with Crippen molar-refractivity contribution >= 4 is 11.9 Å². The molecule has 0 bridgehead atoms. The lowest BCUT2D eigenvalue weighted by atomic mass is 9.96. The van der Waals surface area contributed by atoms with E-state index in [2.05, 4.69) is 46.6 Å². The Bertz CT molecular complexity index is 372. The number of hydrogen-bond acceptors (Lipinski definition) is 3. The fraction of sp³-hybridized carbons (Fsp3) is 0.889. The zero-order valence-corrected chi connectivity index (χ0v) is 16.8. The quantitative estimate of drug-likeness (QED) is 0.322. The summed E-state index contributed by atoms with van der Waals surface area (Å²) >= 11 is 0. The van der Waals surface area contributed by atoms with Gasteiger partial charge in [0, 0.05) is 31.6 Å². The number of rotatable bonds is 10. The number of amides is 1. The SMILES string of the molecule is CCN(CC)CCCC(C)NC(=NC)NCCNC(=O)C(C)(C)C. The predicted octanol–water partition coefficient (Wildman–Crippen LogP) is 1.82. The number of aliphatic imine (C=N–C) groups is 1. The van der Waals surface area contributed by atoms with Gasteiger partial charge < -0.3 is 20.9 Å². The molecule has 0 heterocycles. The minimum Gasteiger partial charge on any atom is -0.355 e. The highest BCUT2D eigenvalue weighted by Crippen LogP contribution is 2.11. The van der Waals surface area contributed by atoms with E-state index in [1.54, 1.807) is 7.05 Å². The average molecular weight is 342 g/mol. The first-order valence-electron chi connectivity index (χ1n) is 9.22. The molecule has 1 unspecified atom stereocenters. The zero-order valence-electron chi connectivity index (χ0n) is 16.8. The van der Waals surface area contributed by atoms with Crippen molar-refractivity contribution < 1.29 is 4.79 Å². The fourth-order valence-electron chi connectivity index (χ4n) is 2.28. The monoisotopic (exact) mass is 341 g/mol.